The smallest absolute Gasteiger partial charge is 0.0703 e. The molecule has 0 aliphatic carbocycles. The van der Waals surface area contributed by atoms with E-state index in [2.05, 4.69) is 29.4 Å². The van der Waals surface area contributed by atoms with Gasteiger partial charge >= 0.3 is 0 Å². The second kappa shape index (κ2) is 4.28. The van der Waals surface area contributed by atoms with Gasteiger partial charge in [-0.3, -0.25) is 4.98 Å². The molecule has 0 aliphatic heterocycles. The molecule has 0 spiro atoms. The minimum Gasteiger partial charge on any atom is -0.380 e. The summed E-state index contributed by atoms with van der Waals surface area (Å²) in [6, 6.07) is 10.4. The van der Waals surface area contributed by atoms with Crippen LogP contribution in [0, 0.1) is 0 Å². The molecular formula is C12H15N3. The highest BCUT2D eigenvalue weighted by Crippen LogP contribution is 2.16. The van der Waals surface area contributed by atoms with E-state index < -0.39 is 0 Å². The molecule has 1 atom stereocenters. The normalized spacial score (nSPS) is 12.7. The number of pyridine rings is 1. The summed E-state index contributed by atoms with van der Waals surface area (Å²) >= 11 is 0. The maximum atomic E-state index is 5.55. The number of hydrogen-bond donors (Lipinski definition) is 2. The lowest BCUT2D eigenvalue weighted by atomic mass is 10.2. The number of para-hydroxylation sites is 1. The van der Waals surface area contributed by atoms with E-state index in [1.807, 2.05) is 24.4 Å². The van der Waals surface area contributed by atoms with E-state index in [0.29, 0.717) is 6.54 Å². The summed E-state index contributed by atoms with van der Waals surface area (Å²) in [5.74, 6) is 0. The number of anilines is 1. The van der Waals surface area contributed by atoms with Crippen molar-refractivity contribution in [3.8, 4) is 0 Å². The van der Waals surface area contributed by atoms with Gasteiger partial charge in [0, 0.05) is 18.0 Å². The van der Waals surface area contributed by atoms with Crippen LogP contribution in [0.2, 0.25) is 0 Å². The lowest BCUT2D eigenvalue weighted by Gasteiger charge is -2.12. The van der Waals surface area contributed by atoms with Crippen LogP contribution in [-0.2, 0) is 0 Å². The molecule has 15 heavy (non-hydrogen) atoms. The van der Waals surface area contributed by atoms with Crippen LogP contribution >= 0.6 is 0 Å². The monoisotopic (exact) mass is 201 g/mol. The van der Waals surface area contributed by atoms with E-state index in [9.17, 15) is 0 Å². The molecule has 2 rings (SSSR count). The van der Waals surface area contributed by atoms with E-state index >= 15 is 0 Å². The number of aromatic nitrogens is 1. The first-order valence-electron chi connectivity index (χ1n) is 5.11. The van der Waals surface area contributed by atoms with Gasteiger partial charge in [-0.1, -0.05) is 18.2 Å². The van der Waals surface area contributed by atoms with Crippen LogP contribution in [0.15, 0.2) is 36.5 Å². The number of nitrogens with two attached hydrogens (primary N) is 1. The van der Waals surface area contributed by atoms with Crippen molar-refractivity contribution in [1.29, 1.82) is 0 Å². The van der Waals surface area contributed by atoms with Gasteiger partial charge in [0.15, 0.2) is 0 Å². The van der Waals surface area contributed by atoms with Crippen molar-refractivity contribution in [2.75, 3.05) is 11.9 Å². The largest absolute Gasteiger partial charge is 0.380 e. The number of hydrogen-bond acceptors (Lipinski definition) is 3. The first-order valence-corrected chi connectivity index (χ1v) is 5.11. The van der Waals surface area contributed by atoms with E-state index in [4.69, 9.17) is 5.73 Å². The maximum Gasteiger partial charge on any atom is 0.0703 e. The van der Waals surface area contributed by atoms with Crippen molar-refractivity contribution < 1.29 is 0 Å². The van der Waals surface area contributed by atoms with Gasteiger partial charge in [0.1, 0.15) is 0 Å². The van der Waals surface area contributed by atoms with Gasteiger partial charge in [-0.05, 0) is 19.1 Å². The predicted molar refractivity (Wildman–Crippen MR) is 63.9 cm³/mol. The summed E-state index contributed by atoms with van der Waals surface area (Å²) in [6.07, 6.45) is 1.84. The standard InChI is InChI=1S/C12H15N3/c1-9(7-13)15-11-6-10-4-2-3-5-12(10)14-8-11/h2-6,8-9,15H,7,13H2,1H3. The minimum absolute atomic E-state index is 0.271. The highest BCUT2D eigenvalue weighted by atomic mass is 14.9. The number of rotatable bonds is 3. The van der Waals surface area contributed by atoms with E-state index in [-0.39, 0.29) is 6.04 Å². The first kappa shape index (κ1) is 9.93. The molecule has 3 nitrogen and oxygen atoms in total. The summed E-state index contributed by atoms with van der Waals surface area (Å²) < 4.78 is 0. The second-order valence-corrected chi connectivity index (χ2v) is 3.70. The van der Waals surface area contributed by atoms with E-state index in [1.165, 1.54) is 0 Å². The van der Waals surface area contributed by atoms with Crippen molar-refractivity contribution in [2.24, 2.45) is 5.73 Å². The van der Waals surface area contributed by atoms with Crippen LogP contribution in [-0.4, -0.2) is 17.6 Å². The van der Waals surface area contributed by atoms with Crippen LogP contribution in [0.5, 0.6) is 0 Å². The number of fused-ring (bicyclic) bond motifs is 1. The molecule has 0 amide bonds. The summed E-state index contributed by atoms with van der Waals surface area (Å²) in [4.78, 5) is 4.37. The topological polar surface area (TPSA) is 50.9 Å². The highest BCUT2D eigenvalue weighted by Gasteiger charge is 2.00. The van der Waals surface area contributed by atoms with Crippen molar-refractivity contribution in [3.05, 3.63) is 36.5 Å². The van der Waals surface area contributed by atoms with E-state index in [0.717, 1.165) is 16.6 Å². The zero-order valence-corrected chi connectivity index (χ0v) is 8.77. The Balaban J connectivity index is 2.30. The van der Waals surface area contributed by atoms with Crippen LogP contribution in [0.1, 0.15) is 6.92 Å². The molecule has 1 aromatic heterocycles. The average Bonchev–Trinajstić information content (AvgIpc) is 2.29. The van der Waals surface area contributed by atoms with Gasteiger partial charge in [-0.2, -0.15) is 0 Å². The van der Waals surface area contributed by atoms with Crippen molar-refractivity contribution in [3.63, 3.8) is 0 Å². The molecule has 3 heteroatoms. The fourth-order valence-electron chi connectivity index (χ4n) is 1.49. The molecule has 0 saturated heterocycles. The zero-order valence-electron chi connectivity index (χ0n) is 8.77. The third-order valence-electron chi connectivity index (χ3n) is 2.36. The number of nitrogens with one attached hydrogen (secondary N) is 1. The molecule has 0 saturated carbocycles. The summed E-state index contributed by atoms with van der Waals surface area (Å²) in [7, 11) is 0. The molecule has 0 aliphatic rings. The molecule has 0 radical (unpaired) electrons. The van der Waals surface area contributed by atoms with Gasteiger partial charge in [0.25, 0.3) is 0 Å². The molecule has 3 N–H and O–H groups in total. The van der Waals surface area contributed by atoms with Gasteiger partial charge in [-0.25, -0.2) is 0 Å². The van der Waals surface area contributed by atoms with Gasteiger partial charge in [-0.15, -0.1) is 0 Å². The quantitative estimate of drug-likeness (QED) is 0.798. The lowest BCUT2D eigenvalue weighted by molar-refractivity contribution is 0.803. The summed E-state index contributed by atoms with van der Waals surface area (Å²) in [5.41, 5.74) is 7.59. The fraction of sp³-hybridized carbons (Fsp3) is 0.250. The highest BCUT2D eigenvalue weighted by molar-refractivity contribution is 5.81. The van der Waals surface area contributed by atoms with Crippen molar-refractivity contribution >= 4 is 16.6 Å². The molecule has 1 unspecified atom stereocenters. The molecule has 78 valence electrons. The minimum atomic E-state index is 0.271. The average molecular weight is 201 g/mol. The first-order chi connectivity index (χ1) is 7.29. The number of nitrogens with zero attached hydrogens (tertiary/aromatic N) is 1. The molecule has 1 aromatic carbocycles. The second-order valence-electron chi connectivity index (χ2n) is 3.70. The van der Waals surface area contributed by atoms with Crippen molar-refractivity contribution in [1.82, 2.24) is 4.98 Å². The summed E-state index contributed by atoms with van der Waals surface area (Å²) in [5, 5.41) is 4.44. The lowest BCUT2D eigenvalue weighted by Crippen LogP contribution is -2.25. The third kappa shape index (κ3) is 2.25. The molecule has 1 heterocycles. The molecule has 0 fully saturated rings. The summed E-state index contributed by atoms with van der Waals surface area (Å²) in [6.45, 7) is 2.67. The molecule has 2 aromatic rings. The van der Waals surface area contributed by atoms with E-state index in [1.54, 1.807) is 0 Å². The fourth-order valence-corrected chi connectivity index (χ4v) is 1.49. The zero-order chi connectivity index (χ0) is 10.7. The van der Waals surface area contributed by atoms with Crippen molar-refractivity contribution in [2.45, 2.75) is 13.0 Å². The molecule has 0 bridgehead atoms. The Morgan fingerprint density at radius 3 is 3.00 bits per heavy atom. The SMILES string of the molecule is CC(CN)Nc1cnc2ccccc2c1. The number of benzene rings is 1. The van der Waals surface area contributed by atoms with Gasteiger partial charge < -0.3 is 11.1 Å². The Hall–Kier alpha value is -1.61. The van der Waals surface area contributed by atoms with Gasteiger partial charge in [0.2, 0.25) is 0 Å². The van der Waals surface area contributed by atoms with Crippen LogP contribution in [0.25, 0.3) is 10.9 Å². The Bertz CT molecular complexity index is 453. The molecular weight excluding hydrogens is 186 g/mol. The Morgan fingerprint density at radius 2 is 2.20 bits per heavy atom. The van der Waals surface area contributed by atoms with Crippen LogP contribution in [0.4, 0.5) is 5.69 Å². The predicted octanol–water partition coefficient (Wildman–Crippen LogP) is 1.99. The van der Waals surface area contributed by atoms with Crippen LogP contribution < -0.4 is 11.1 Å². The Morgan fingerprint density at radius 1 is 1.40 bits per heavy atom. The van der Waals surface area contributed by atoms with Gasteiger partial charge in [0.05, 0.1) is 17.4 Å². The van der Waals surface area contributed by atoms with Crippen LogP contribution in [0.3, 0.4) is 0 Å². The Labute approximate surface area is 89.3 Å². The maximum absolute atomic E-state index is 5.55. The third-order valence-corrected chi connectivity index (χ3v) is 2.36. The Kier molecular flexibility index (Phi) is 2.83.